The van der Waals surface area contributed by atoms with Gasteiger partial charge >= 0.3 is 0 Å². The molecule has 0 aliphatic carbocycles. The second-order valence-corrected chi connectivity index (χ2v) is 7.59. The molecule has 0 amide bonds. The summed E-state index contributed by atoms with van der Waals surface area (Å²) in [4.78, 5) is 30.7. The molecular formula is C25H21FN2O2. The molecule has 4 rings (SSSR count). The van der Waals surface area contributed by atoms with Crippen LogP contribution in [0.1, 0.15) is 38.3 Å². The highest BCUT2D eigenvalue weighted by molar-refractivity contribution is 6.10. The van der Waals surface area contributed by atoms with Crippen LogP contribution in [0.4, 0.5) is 4.39 Å². The van der Waals surface area contributed by atoms with Crippen molar-refractivity contribution < 1.29 is 9.18 Å². The SMILES string of the molecule is Cc1ccc(C)c(Cn2cc(C(=O)c3cccc(F)c3)c(=O)c3ccc(C)nc32)c1. The number of hydrogen-bond acceptors (Lipinski definition) is 3. The molecule has 2 aromatic heterocycles. The number of halogens is 1. The van der Waals surface area contributed by atoms with Crippen LogP contribution in [-0.2, 0) is 6.54 Å². The zero-order valence-electron chi connectivity index (χ0n) is 17.1. The maximum Gasteiger partial charge on any atom is 0.202 e. The van der Waals surface area contributed by atoms with E-state index in [4.69, 9.17) is 0 Å². The Kier molecular flexibility index (Phi) is 5.04. The Hall–Kier alpha value is -3.60. The Bertz CT molecular complexity index is 1360. The molecule has 0 N–H and O–H groups in total. The predicted molar refractivity (Wildman–Crippen MR) is 116 cm³/mol. The van der Waals surface area contributed by atoms with Gasteiger partial charge < -0.3 is 4.57 Å². The molecule has 0 unspecified atom stereocenters. The van der Waals surface area contributed by atoms with Crippen molar-refractivity contribution >= 4 is 16.8 Å². The van der Waals surface area contributed by atoms with Crippen LogP contribution >= 0.6 is 0 Å². The van der Waals surface area contributed by atoms with Gasteiger partial charge in [0.1, 0.15) is 11.5 Å². The molecule has 2 aromatic carbocycles. The number of ketones is 1. The highest BCUT2D eigenvalue weighted by Crippen LogP contribution is 2.18. The van der Waals surface area contributed by atoms with Crippen LogP contribution in [0.5, 0.6) is 0 Å². The normalized spacial score (nSPS) is 11.1. The fourth-order valence-corrected chi connectivity index (χ4v) is 3.58. The lowest BCUT2D eigenvalue weighted by molar-refractivity contribution is 0.103. The summed E-state index contributed by atoms with van der Waals surface area (Å²) in [5, 5.41) is 0.369. The van der Waals surface area contributed by atoms with Gasteiger partial charge in [-0.1, -0.05) is 35.9 Å². The average Bonchev–Trinajstić information content (AvgIpc) is 2.72. The second-order valence-electron chi connectivity index (χ2n) is 7.59. The quantitative estimate of drug-likeness (QED) is 0.465. The summed E-state index contributed by atoms with van der Waals surface area (Å²) in [6, 6.07) is 15.0. The molecule has 150 valence electrons. The lowest BCUT2D eigenvalue weighted by Crippen LogP contribution is -2.21. The van der Waals surface area contributed by atoms with Crippen molar-refractivity contribution in [2.24, 2.45) is 0 Å². The molecule has 0 spiro atoms. The van der Waals surface area contributed by atoms with Gasteiger partial charge in [0.15, 0.2) is 5.78 Å². The summed E-state index contributed by atoms with van der Waals surface area (Å²) in [7, 11) is 0. The van der Waals surface area contributed by atoms with E-state index in [2.05, 4.69) is 11.1 Å². The van der Waals surface area contributed by atoms with Gasteiger partial charge in [-0.3, -0.25) is 9.59 Å². The zero-order chi connectivity index (χ0) is 21.4. The summed E-state index contributed by atoms with van der Waals surface area (Å²) >= 11 is 0. The predicted octanol–water partition coefficient (Wildman–Crippen LogP) is 4.74. The van der Waals surface area contributed by atoms with Gasteiger partial charge in [-0.2, -0.15) is 0 Å². The van der Waals surface area contributed by atoms with E-state index in [9.17, 15) is 14.0 Å². The van der Waals surface area contributed by atoms with Crippen molar-refractivity contribution in [1.29, 1.82) is 0 Å². The minimum Gasteiger partial charge on any atom is -0.327 e. The van der Waals surface area contributed by atoms with E-state index >= 15 is 0 Å². The standard InChI is InChI=1S/C25H21FN2O2/c1-15-7-8-16(2)19(11-15)13-28-14-22(23(29)18-5-4-6-20(26)12-18)24(30)21-10-9-17(3)27-25(21)28/h4-12,14H,13H2,1-3H3. The number of benzene rings is 2. The van der Waals surface area contributed by atoms with Crippen molar-refractivity contribution in [3.8, 4) is 0 Å². The first-order chi connectivity index (χ1) is 14.3. The van der Waals surface area contributed by atoms with E-state index in [-0.39, 0.29) is 11.1 Å². The largest absolute Gasteiger partial charge is 0.327 e. The first kappa shape index (κ1) is 19.7. The molecule has 0 radical (unpaired) electrons. The number of fused-ring (bicyclic) bond motifs is 1. The third-order valence-corrected chi connectivity index (χ3v) is 5.24. The van der Waals surface area contributed by atoms with E-state index in [0.29, 0.717) is 17.6 Å². The van der Waals surface area contributed by atoms with Crippen molar-refractivity contribution in [3.63, 3.8) is 0 Å². The van der Waals surface area contributed by atoms with E-state index in [1.54, 1.807) is 18.3 Å². The highest BCUT2D eigenvalue weighted by atomic mass is 19.1. The lowest BCUT2D eigenvalue weighted by Gasteiger charge is -2.15. The lowest BCUT2D eigenvalue weighted by atomic mass is 10.0. The van der Waals surface area contributed by atoms with E-state index in [0.717, 1.165) is 28.5 Å². The fraction of sp³-hybridized carbons (Fsp3) is 0.160. The second kappa shape index (κ2) is 7.67. The summed E-state index contributed by atoms with van der Waals surface area (Å²) in [6.07, 6.45) is 1.55. The molecule has 0 saturated carbocycles. The molecule has 5 heteroatoms. The summed E-state index contributed by atoms with van der Waals surface area (Å²) in [5.41, 5.74) is 4.36. The molecule has 30 heavy (non-hydrogen) atoms. The molecule has 2 heterocycles. The molecular weight excluding hydrogens is 379 g/mol. The molecule has 0 aliphatic heterocycles. The summed E-state index contributed by atoms with van der Waals surface area (Å²) < 4.78 is 15.5. The van der Waals surface area contributed by atoms with Crippen molar-refractivity contribution in [3.05, 3.63) is 110 Å². The first-order valence-corrected chi connectivity index (χ1v) is 9.70. The first-order valence-electron chi connectivity index (χ1n) is 9.70. The van der Waals surface area contributed by atoms with Crippen LogP contribution < -0.4 is 5.43 Å². The molecule has 0 atom stereocenters. The third kappa shape index (κ3) is 3.66. The number of carbonyl (C=O) groups is 1. The Morgan fingerprint density at radius 2 is 1.83 bits per heavy atom. The number of aromatic nitrogens is 2. The van der Waals surface area contributed by atoms with Crippen molar-refractivity contribution in [1.82, 2.24) is 9.55 Å². The smallest absolute Gasteiger partial charge is 0.202 e. The van der Waals surface area contributed by atoms with Crippen LogP contribution in [0.2, 0.25) is 0 Å². The van der Waals surface area contributed by atoms with Crippen molar-refractivity contribution in [2.75, 3.05) is 0 Å². The van der Waals surface area contributed by atoms with E-state index < -0.39 is 17.0 Å². The molecule has 4 aromatic rings. The molecule has 4 nitrogen and oxygen atoms in total. The Morgan fingerprint density at radius 1 is 1.03 bits per heavy atom. The van der Waals surface area contributed by atoms with Gasteiger partial charge in [0, 0.05) is 24.0 Å². The molecule has 0 fully saturated rings. The van der Waals surface area contributed by atoms with Gasteiger partial charge in [-0.25, -0.2) is 9.37 Å². The number of aryl methyl sites for hydroxylation is 3. The van der Waals surface area contributed by atoms with Crippen LogP contribution in [0, 0.1) is 26.6 Å². The minimum absolute atomic E-state index is 0.00376. The van der Waals surface area contributed by atoms with Crippen LogP contribution in [0.25, 0.3) is 11.0 Å². The van der Waals surface area contributed by atoms with Crippen LogP contribution in [0.15, 0.2) is 65.6 Å². The maximum absolute atomic E-state index is 13.6. The number of rotatable bonds is 4. The van der Waals surface area contributed by atoms with Gasteiger partial charge in [0.05, 0.1) is 10.9 Å². The number of nitrogens with zero attached hydrogens (tertiary/aromatic N) is 2. The van der Waals surface area contributed by atoms with Crippen molar-refractivity contribution in [2.45, 2.75) is 27.3 Å². The van der Waals surface area contributed by atoms with Gasteiger partial charge in [0.2, 0.25) is 5.43 Å². The minimum atomic E-state index is -0.519. The van der Waals surface area contributed by atoms with Crippen LogP contribution in [0.3, 0.4) is 0 Å². The summed E-state index contributed by atoms with van der Waals surface area (Å²) in [5.74, 6) is -1.02. The summed E-state index contributed by atoms with van der Waals surface area (Å²) in [6.45, 7) is 6.37. The van der Waals surface area contributed by atoms with Gasteiger partial charge in [-0.05, 0) is 56.2 Å². The number of hydrogen-bond donors (Lipinski definition) is 0. The Labute approximate surface area is 173 Å². The highest BCUT2D eigenvalue weighted by Gasteiger charge is 2.19. The number of pyridine rings is 2. The molecule has 0 bridgehead atoms. The average molecular weight is 400 g/mol. The van der Waals surface area contributed by atoms with Crippen LogP contribution in [-0.4, -0.2) is 15.3 Å². The van der Waals surface area contributed by atoms with Gasteiger partial charge in [0.25, 0.3) is 0 Å². The third-order valence-electron chi connectivity index (χ3n) is 5.24. The monoisotopic (exact) mass is 400 g/mol. The van der Waals surface area contributed by atoms with E-state index in [1.165, 1.54) is 18.2 Å². The fourth-order valence-electron chi connectivity index (χ4n) is 3.58. The topological polar surface area (TPSA) is 52.0 Å². The Morgan fingerprint density at radius 3 is 2.60 bits per heavy atom. The zero-order valence-corrected chi connectivity index (χ0v) is 17.1. The molecule has 0 aliphatic rings. The number of carbonyl (C=O) groups excluding carboxylic acids is 1. The van der Waals surface area contributed by atoms with Gasteiger partial charge in [-0.15, -0.1) is 0 Å². The van der Waals surface area contributed by atoms with E-state index in [1.807, 2.05) is 37.5 Å². The maximum atomic E-state index is 13.6. The molecule has 0 saturated heterocycles. The Balaban J connectivity index is 1.93.